The zero-order chi connectivity index (χ0) is 13.2. The second kappa shape index (κ2) is 5.03. The van der Waals surface area contributed by atoms with E-state index in [0.717, 1.165) is 30.4 Å². The molecule has 19 heavy (non-hydrogen) atoms. The van der Waals surface area contributed by atoms with E-state index < -0.39 is 0 Å². The van der Waals surface area contributed by atoms with Crippen LogP contribution in [0.15, 0.2) is 18.2 Å². The number of aromatic nitrogens is 3. The Morgan fingerprint density at radius 3 is 3.00 bits per heavy atom. The van der Waals surface area contributed by atoms with E-state index in [0.29, 0.717) is 6.61 Å². The Balaban J connectivity index is 1.76. The molecule has 0 fully saturated rings. The number of hydrogen-bond donors (Lipinski definition) is 0. The van der Waals surface area contributed by atoms with Crippen molar-refractivity contribution in [3.63, 3.8) is 0 Å². The molecular weight excluding hydrogens is 238 g/mol. The molecule has 0 unspecified atom stereocenters. The number of benzene rings is 1. The lowest BCUT2D eigenvalue weighted by Crippen LogP contribution is -2.14. The fraction of sp³-hybridized carbons (Fsp3) is 0.467. The van der Waals surface area contributed by atoms with Crippen LogP contribution in [0.4, 0.5) is 0 Å². The summed E-state index contributed by atoms with van der Waals surface area (Å²) in [5.74, 6) is 2.98. The summed E-state index contributed by atoms with van der Waals surface area (Å²) in [6, 6.07) is 6.13. The van der Waals surface area contributed by atoms with Gasteiger partial charge in [-0.2, -0.15) is 0 Å². The zero-order valence-electron chi connectivity index (χ0n) is 11.5. The van der Waals surface area contributed by atoms with Crippen molar-refractivity contribution >= 4 is 0 Å². The average molecular weight is 257 g/mol. The first-order valence-corrected chi connectivity index (χ1v) is 6.85. The van der Waals surface area contributed by atoms with E-state index in [1.807, 2.05) is 12.1 Å². The van der Waals surface area contributed by atoms with E-state index >= 15 is 0 Å². The van der Waals surface area contributed by atoms with Crippen LogP contribution >= 0.6 is 0 Å². The van der Waals surface area contributed by atoms with Crippen LogP contribution in [0.25, 0.3) is 0 Å². The van der Waals surface area contributed by atoms with Crippen LogP contribution in [0.1, 0.15) is 35.6 Å². The van der Waals surface area contributed by atoms with Crippen molar-refractivity contribution in [1.82, 2.24) is 14.8 Å². The van der Waals surface area contributed by atoms with Gasteiger partial charge in [0.25, 0.3) is 0 Å². The summed E-state index contributed by atoms with van der Waals surface area (Å²) < 4.78 is 8.11. The van der Waals surface area contributed by atoms with Crippen LogP contribution in [0.5, 0.6) is 5.75 Å². The van der Waals surface area contributed by atoms with Crippen molar-refractivity contribution in [2.75, 3.05) is 0 Å². The second-order valence-electron chi connectivity index (χ2n) is 5.13. The van der Waals surface area contributed by atoms with Crippen molar-refractivity contribution in [1.29, 1.82) is 0 Å². The zero-order valence-corrected chi connectivity index (χ0v) is 11.5. The summed E-state index contributed by atoms with van der Waals surface area (Å²) in [7, 11) is 0. The van der Waals surface area contributed by atoms with E-state index in [1.54, 1.807) is 0 Å². The highest BCUT2D eigenvalue weighted by Crippen LogP contribution is 2.22. The molecule has 2 aromatic rings. The van der Waals surface area contributed by atoms with Crippen LogP contribution in [0.3, 0.4) is 0 Å². The lowest BCUT2D eigenvalue weighted by Gasteiger charge is -2.15. The second-order valence-corrected chi connectivity index (χ2v) is 5.13. The highest BCUT2D eigenvalue weighted by molar-refractivity contribution is 5.38. The van der Waals surface area contributed by atoms with E-state index in [4.69, 9.17) is 4.74 Å². The van der Waals surface area contributed by atoms with Gasteiger partial charge in [-0.3, -0.25) is 0 Å². The van der Waals surface area contributed by atoms with Crippen molar-refractivity contribution in [3.05, 3.63) is 41.0 Å². The summed E-state index contributed by atoms with van der Waals surface area (Å²) in [5.41, 5.74) is 2.45. The standard InChI is InChI=1S/C15H19N3O/c1-11-6-5-7-13(12(11)2)19-10-15-17-16-14-8-3-4-9-18(14)15/h5-7H,3-4,8-10H2,1-2H3. The van der Waals surface area contributed by atoms with Crippen LogP contribution in [-0.2, 0) is 19.6 Å². The highest BCUT2D eigenvalue weighted by Gasteiger charge is 2.16. The molecule has 0 saturated heterocycles. The first-order valence-electron chi connectivity index (χ1n) is 6.85. The summed E-state index contributed by atoms with van der Waals surface area (Å²) in [4.78, 5) is 0. The maximum atomic E-state index is 5.90. The number of hydrogen-bond acceptors (Lipinski definition) is 3. The van der Waals surface area contributed by atoms with Gasteiger partial charge in [-0.05, 0) is 43.9 Å². The van der Waals surface area contributed by atoms with Crippen molar-refractivity contribution in [3.8, 4) is 5.75 Å². The molecule has 1 aromatic heterocycles. The Bertz CT molecular complexity index is 589. The monoisotopic (exact) mass is 257 g/mol. The molecular formula is C15H19N3O. The molecule has 1 aliphatic heterocycles. The minimum atomic E-state index is 0.497. The minimum Gasteiger partial charge on any atom is -0.485 e. The third-order valence-electron chi connectivity index (χ3n) is 3.85. The lowest BCUT2D eigenvalue weighted by molar-refractivity contribution is 0.284. The third-order valence-corrected chi connectivity index (χ3v) is 3.85. The van der Waals surface area contributed by atoms with Gasteiger partial charge >= 0.3 is 0 Å². The lowest BCUT2D eigenvalue weighted by atomic mass is 10.1. The molecule has 4 nitrogen and oxygen atoms in total. The molecule has 1 aliphatic rings. The van der Waals surface area contributed by atoms with Gasteiger partial charge in [0.2, 0.25) is 0 Å². The van der Waals surface area contributed by atoms with Crippen molar-refractivity contribution < 1.29 is 4.74 Å². The summed E-state index contributed by atoms with van der Waals surface area (Å²) in [5, 5.41) is 8.49. The molecule has 0 aliphatic carbocycles. The maximum Gasteiger partial charge on any atom is 0.171 e. The van der Waals surface area contributed by atoms with Gasteiger partial charge in [-0.15, -0.1) is 10.2 Å². The molecule has 1 aromatic carbocycles. The predicted molar refractivity (Wildman–Crippen MR) is 73.2 cm³/mol. The van der Waals surface area contributed by atoms with E-state index in [9.17, 15) is 0 Å². The number of fused-ring (bicyclic) bond motifs is 1. The quantitative estimate of drug-likeness (QED) is 0.849. The number of nitrogens with zero attached hydrogens (tertiary/aromatic N) is 3. The fourth-order valence-corrected chi connectivity index (χ4v) is 2.50. The Labute approximate surface area is 113 Å². The third kappa shape index (κ3) is 2.35. The molecule has 3 rings (SSSR count). The normalized spacial score (nSPS) is 14.2. The molecule has 0 N–H and O–H groups in total. The minimum absolute atomic E-state index is 0.497. The molecule has 0 radical (unpaired) electrons. The molecule has 0 bridgehead atoms. The molecule has 100 valence electrons. The summed E-state index contributed by atoms with van der Waals surface area (Å²) in [6.45, 7) is 5.70. The number of aryl methyl sites for hydroxylation is 2. The molecule has 0 atom stereocenters. The average Bonchev–Trinajstić information content (AvgIpc) is 2.84. The highest BCUT2D eigenvalue weighted by atomic mass is 16.5. The Hall–Kier alpha value is -1.84. The van der Waals surface area contributed by atoms with Gasteiger partial charge in [0.15, 0.2) is 5.82 Å². The Morgan fingerprint density at radius 1 is 1.21 bits per heavy atom. The smallest absolute Gasteiger partial charge is 0.171 e. The van der Waals surface area contributed by atoms with Gasteiger partial charge in [0.05, 0.1) is 0 Å². The summed E-state index contributed by atoms with van der Waals surface area (Å²) in [6.07, 6.45) is 3.47. The predicted octanol–water partition coefficient (Wildman–Crippen LogP) is 2.81. The van der Waals surface area contributed by atoms with Crippen molar-refractivity contribution in [2.24, 2.45) is 0 Å². The molecule has 4 heteroatoms. The van der Waals surface area contributed by atoms with E-state index in [-0.39, 0.29) is 0 Å². The molecule has 0 amide bonds. The number of rotatable bonds is 3. The Kier molecular flexibility index (Phi) is 3.23. The maximum absolute atomic E-state index is 5.90. The first kappa shape index (κ1) is 12.2. The molecule has 0 saturated carbocycles. The van der Waals surface area contributed by atoms with Crippen molar-refractivity contribution in [2.45, 2.75) is 46.3 Å². The van der Waals surface area contributed by atoms with Gasteiger partial charge in [0.1, 0.15) is 18.2 Å². The largest absolute Gasteiger partial charge is 0.485 e. The van der Waals surface area contributed by atoms with Gasteiger partial charge < -0.3 is 9.30 Å². The topological polar surface area (TPSA) is 39.9 Å². The van der Waals surface area contributed by atoms with Gasteiger partial charge in [-0.1, -0.05) is 12.1 Å². The van der Waals surface area contributed by atoms with Gasteiger partial charge in [0, 0.05) is 13.0 Å². The molecule has 0 spiro atoms. The summed E-state index contributed by atoms with van der Waals surface area (Å²) >= 11 is 0. The van der Waals surface area contributed by atoms with Crippen LogP contribution in [-0.4, -0.2) is 14.8 Å². The van der Waals surface area contributed by atoms with Crippen LogP contribution in [0, 0.1) is 13.8 Å². The van der Waals surface area contributed by atoms with Crippen LogP contribution in [0.2, 0.25) is 0 Å². The van der Waals surface area contributed by atoms with Gasteiger partial charge in [-0.25, -0.2) is 0 Å². The van der Waals surface area contributed by atoms with Crippen LogP contribution < -0.4 is 4.74 Å². The molecule has 2 heterocycles. The number of ether oxygens (including phenoxy) is 1. The SMILES string of the molecule is Cc1cccc(OCc2nnc3n2CCCC3)c1C. The van der Waals surface area contributed by atoms with E-state index in [2.05, 4.69) is 34.7 Å². The fourth-order valence-electron chi connectivity index (χ4n) is 2.50. The first-order chi connectivity index (χ1) is 9.25. The Morgan fingerprint density at radius 2 is 2.11 bits per heavy atom. The van der Waals surface area contributed by atoms with E-state index in [1.165, 1.54) is 24.0 Å².